The summed E-state index contributed by atoms with van der Waals surface area (Å²) in [5.41, 5.74) is 2.57. The van der Waals surface area contributed by atoms with Crippen LogP contribution in [0.25, 0.3) is 0 Å². The summed E-state index contributed by atoms with van der Waals surface area (Å²) in [5, 5.41) is 5.22. The molecule has 2 amide bonds. The molecule has 1 atom stereocenters. The Morgan fingerprint density at radius 1 is 1.14 bits per heavy atom. The van der Waals surface area contributed by atoms with Crippen LogP contribution in [0.1, 0.15) is 48.2 Å². The van der Waals surface area contributed by atoms with E-state index in [0.29, 0.717) is 12.1 Å². The van der Waals surface area contributed by atoms with Gasteiger partial charge in [-0.25, -0.2) is 4.39 Å². The number of hydrogen-bond donors (Lipinski definition) is 2. The van der Waals surface area contributed by atoms with Crippen LogP contribution < -0.4 is 10.6 Å². The van der Waals surface area contributed by atoms with Crippen molar-refractivity contribution in [2.75, 3.05) is 18.4 Å². The van der Waals surface area contributed by atoms with Crippen LogP contribution in [0.2, 0.25) is 0 Å². The van der Waals surface area contributed by atoms with Gasteiger partial charge in [-0.3, -0.25) is 14.5 Å². The number of piperidine rings is 1. The molecule has 0 aliphatic carbocycles. The zero-order valence-corrected chi connectivity index (χ0v) is 17.0. The van der Waals surface area contributed by atoms with Crippen molar-refractivity contribution in [2.24, 2.45) is 5.92 Å². The van der Waals surface area contributed by atoms with E-state index in [1.54, 1.807) is 0 Å². The van der Waals surface area contributed by atoms with E-state index in [9.17, 15) is 14.0 Å². The van der Waals surface area contributed by atoms with Gasteiger partial charge in [0.15, 0.2) is 0 Å². The summed E-state index contributed by atoms with van der Waals surface area (Å²) in [4.78, 5) is 26.0. The maximum atomic E-state index is 13.7. The van der Waals surface area contributed by atoms with E-state index >= 15 is 0 Å². The number of anilines is 1. The van der Waals surface area contributed by atoms with Gasteiger partial charge in [0.1, 0.15) is 5.82 Å². The Balaban J connectivity index is 1.54. The Morgan fingerprint density at radius 2 is 1.86 bits per heavy atom. The predicted octanol–water partition coefficient (Wildman–Crippen LogP) is 3.95. The largest absolute Gasteiger partial charge is 0.348 e. The van der Waals surface area contributed by atoms with E-state index < -0.39 is 5.82 Å². The van der Waals surface area contributed by atoms with Gasteiger partial charge in [0.25, 0.3) is 5.91 Å². The summed E-state index contributed by atoms with van der Waals surface area (Å²) in [6, 6.07) is 12.2. The molecule has 1 saturated heterocycles. The first-order valence-corrected chi connectivity index (χ1v) is 10.1. The minimum absolute atomic E-state index is 0.00142. The van der Waals surface area contributed by atoms with Gasteiger partial charge in [-0.2, -0.15) is 0 Å². The number of benzene rings is 2. The molecule has 29 heavy (non-hydrogen) atoms. The van der Waals surface area contributed by atoms with Gasteiger partial charge < -0.3 is 10.6 Å². The molecule has 1 unspecified atom stereocenters. The van der Waals surface area contributed by atoms with Crippen LogP contribution in [0.4, 0.5) is 10.1 Å². The number of rotatable bonds is 6. The Bertz CT molecular complexity index is 867. The number of nitrogens with one attached hydrogen (secondary N) is 2. The summed E-state index contributed by atoms with van der Waals surface area (Å²) in [6.07, 6.45) is 2.58. The lowest BCUT2D eigenvalue weighted by atomic mass is 9.99. The molecule has 0 aromatic heterocycles. The lowest BCUT2D eigenvalue weighted by Gasteiger charge is -2.30. The highest BCUT2D eigenvalue weighted by Crippen LogP contribution is 2.19. The molecular formula is C23H28FN3O2. The summed E-state index contributed by atoms with van der Waals surface area (Å²) >= 11 is 0. The monoisotopic (exact) mass is 397 g/mol. The number of carbonyl (C=O) groups is 2. The minimum atomic E-state index is -0.574. The van der Waals surface area contributed by atoms with E-state index in [1.165, 1.54) is 43.5 Å². The first kappa shape index (κ1) is 21.0. The van der Waals surface area contributed by atoms with Gasteiger partial charge in [0.2, 0.25) is 5.91 Å². The lowest BCUT2D eigenvalue weighted by molar-refractivity contribution is -0.114. The van der Waals surface area contributed by atoms with Crippen LogP contribution >= 0.6 is 0 Å². The molecule has 3 rings (SSSR count). The van der Waals surface area contributed by atoms with E-state index in [-0.39, 0.29) is 17.5 Å². The number of carbonyl (C=O) groups excluding carboxylic acids is 2. The quantitative estimate of drug-likeness (QED) is 0.776. The first-order chi connectivity index (χ1) is 13.9. The summed E-state index contributed by atoms with van der Waals surface area (Å²) in [5.74, 6) is -0.519. The van der Waals surface area contributed by atoms with Crippen LogP contribution in [-0.4, -0.2) is 29.8 Å². The highest BCUT2D eigenvalue weighted by Gasteiger charge is 2.16. The summed E-state index contributed by atoms with van der Waals surface area (Å²) < 4.78 is 13.7. The predicted molar refractivity (Wildman–Crippen MR) is 112 cm³/mol. The molecule has 1 heterocycles. The Labute approximate surface area is 171 Å². The average Bonchev–Trinajstić information content (AvgIpc) is 2.68. The topological polar surface area (TPSA) is 61.4 Å². The molecule has 6 heteroatoms. The maximum Gasteiger partial charge on any atom is 0.251 e. The second-order valence-corrected chi connectivity index (χ2v) is 7.86. The van der Waals surface area contributed by atoms with Crippen LogP contribution in [-0.2, 0) is 17.9 Å². The third-order valence-corrected chi connectivity index (χ3v) is 5.16. The molecular weight excluding hydrogens is 369 g/mol. The van der Waals surface area contributed by atoms with Gasteiger partial charge in [0.05, 0.1) is 5.69 Å². The molecule has 2 aromatic carbocycles. The summed E-state index contributed by atoms with van der Waals surface area (Å²) in [6.45, 7) is 7.24. The molecule has 0 bridgehead atoms. The van der Waals surface area contributed by atoms with Crippen LogP contribution in [0.15, 0.2) is 42.5 Å². The van der Waals surface area contributed by atoms with E-state index in [2.05, 4.69) is 34.6 Å². The first-order valence-electron chi connectivity index (χ1n) is 10.1. The Kier molecular flexibility index (Phi) is 6.99. The fourth-order valence-corrected chi connectivity index (χ4v) is 3.69. The van der Waals surface area contributed by atoms with E-state index in [4.69, 9.17) is 0 Å². The van der Waals surface area contributed by atoms with Crippen LogP contribution in [0.5, 0.6) is 0 Å². The number of hydrogen-bond acceptors (Lipinski definition) is 3. The van der Waals surface area contributed by atoms with Crippen LogP contribution in [0.3, 0.4) is 0 Å². The van der Waals surface area contributed by atoms with Gasteiger partial charge >= 0.3 is 0 Å². The number of likely N-dealkylation sites (tertiary alicyclic amines) is 1. The smallest absolute Gasteiger partial charge is 0.251 e. The molecule has 1 aliphatic rings. The Morgan fingerprint density at radius 3 is 2.55 bits per heavy atom. The van der Waals surface area contributed by atoms with Gasteiger partial charge in [-0.15, -0.1) is 0 Å². The normalized spacial score (nSPS) is 17.0. The minimum Gasteiger partial charge on any atom is -0.348 e. The number of halogens is 1. The van der Waals surface area contributed by atoms with Crippen molar-refractivity contribution in [3.63, 3.8) is 0 Å². The highest BCUT2D eigenvalue weighted by atomic mass is 19.1. The Hall–Kier alpha value is -2.73. The molecule has 0 saturated carbocycles. The van der Waals surface area contributed by atoms with Crippen molar-refractivity contribution in [1.82, 2.24) is 10.2 Å². The molecule has 2 aromatic rings. The molecule has 1 aliphatic heterocycles. The second-order valence-electron chi connectivity index (χ2n) is 7.86. The zero-order valence-electron chi connectivity index (χ0n) is 17.0. The highest BCUT2D eigenvalue weighted by molar-refractivity contribution is 5.96. The van der Waals surface area contributed by atoms with Crippen molar-refractivity contribution < 1.29 is 14.0 Å². The third-order valence-electron chi connectivity index (χ3n) is 5.16. The van der Waals surface area contributed by atoms with E-state index in [1.807, 2.05) is 12.1 Å². The molecule has 1 fully saturated rings. The van der Waals surface area contributed by atoms with Crippen molar-refractivity contribution in [3.8, 4) is 0 Å². The standard InChI is InChI=1S/C23H28FN3O2/c1-16-4-3-11-27(14-16)15-19-7-5-18(6-8-19)13-25-23(29)20-9-10-21(24)22(12-20)26-17(2)28/h5-10,12,16H,3-4,11,13-15H2,1-2H3,(H,25,29)(H,26,28). The fourth-order valence-electron chi connectivity index (χ4n) is 3.69. The third kappa shape index (κ3) is 6.12. The summed E-state index contributed by atoms with van der Waals surface area (Å²) in [7, 11) is 0. The second kappa shape index (κ2) is 9.65. The number of nitrogens with zero attached hydrogens (tertiary/aromatic N) is 1. The molecule has 0 spiro atoms. The number of amides is 2. The zero-order chi connectivity index (χ0) is 20.8. The maximum absolute atomic E-state index is 13.7. The molecule has 2 N–H and O–H groups in total. The SMILES string of the molecule is CC(=O)Nc1cc(C(=O)NCc2ccc(CN3CCCC(C)C3)cc2)ccc1F. The van der Waals surface area contributed by atoms with Gasteiger partial charge in [-0.1, -0.05) is 31.2 Å². The van der Waals surface area contributed by atoms with Crippen LogP contribution in [0, 0.1) is 11.7 Å². The van der Waals surface area contributed by atoms with Gasteiger partial charge in [0, 0.05) is 32.1 Å². The molecule has 0 radical (unpaired) electrons. The fraction of sp³-hybridized carbons (Fsp3) is 0.391. The van der Waals surface area contributed by atoms with E-state index in [0.717, 1.165) is 31.1 Å². The lowest BCUT2D eigenvalue weighted by Crippen LogP contribution is -2.33. The van der Waals surface area contributed by atoms with Crippen molar-refractivity contribution >= 4 is 17.5 Å². The van der Waals surface area contributed by atoms with Gasteiger partial charge in [-0.05, 0) is 54.6 Å². The molecule has 154 valence electrons. The average molecular weight is 397 g/mol. The van der Waals surface area contributed by atoms with Crippen molar-refractivity contribution in [1.29, 1.82) is 0 Å². The van der Waals surface area contributed by atoms with Crippen molar-refractivity contribution in [2.45, 2.75) is 39.8 Å². The molecule has 5 nitrogen and oxygen atoms in total. The van der Waals surface area contributed by atoms with Crippen molar-refractivity contribution in [3.05, 3.63) is 65.0 Å².